The molecule has 0 aliphatic carbocycles. The van der Waals surface area contributed by atoms with Crippen molar-refractivity contribution >= 4 is 27.9 Å². The highest BCUT2D eigenvalue weighted by Crippen LogP contribution is 2.30. The summed E-state index contributed by atoms with van der Waals surface area (Å²) in [5, 5.41) is 10.7. The Kier molecular flexibility index (Phi) is 4.14. The van der Waals surface area contributed by atoms with Gasteiger partial charge in [0.15, 0.2) is 6.29 Å². The molecular weight excluding hydrogens is 326 g/mol. The van der Waals surface area contributed by atoms with Crippen molar-refractivity contribution in [1.82, 2.24) is 0 Å². The Labute approximate surface area is 123 Å². The maximum atomic E-state index is 11.0. The molecule has 2 aromatic carbocycles. The van der Waals surface area contributed by atoms with E-state index in [2.05, 4.69) is 15.9 Å². The van der Waals surface area contributed by atoms with Gasteiger partial charge in [0.2, 0.25) is 0 Å². The molecule has 0 bridgehead atoms. The van der Waals surface area contributed by atoms with E-state index >= 15 is 0 Å². The van der Waals surface area contributed by atoms with E-state index in [1.54, 1.807) is 31.2 Å². The number of nitro groups is 1. The summed E-state index contributed by atoms with van der Waals surface area (Å²) < 4.78 is 6.37. The van der Waals surface area contributed by atoms with Crippen LogP contribution in [-0.2, 0) is 0 Å². The minimum atomic E-state index is -0.449. The first-order chi connectivity index (χ1) is 9.51. The van der Waals surface area contributed by atoms with Gasteiger partial charge in [-0.2, -0.15) is 0 Å². The summed E-state index contributed by atoms with van der Waals surface area (Å²) in [7, 11) is 0. The summed E-state index contributed by atoms with van der Waals surface area (Å²) in [6, 6.07) is 9.49. The number of nitro benzene ring substituents is 1. The zero-order valence-corrected chi connectivity index (χ0v) is 12.1. The quantitative estimate of drug-likeness (QED) is 0.475. The highest BCUT2D eigenvalue weighted by atomic mass is 79.9. The topological polar surface area (TPSA) is 69.4 Å². The zero-order valence-electron chi connectivity index (χ0n) is 10.5. The van der Waals surface area contributed by atoms with Gasteiger partial charge in [0, 0.05) is 16.1 Å². The van der Waals surface area contributed by atoms with Crippen molar-refractivity contribution in [2.45, 2.75) is 6.92 Å². The first kappa shape index (κ1) is 14.2. The smallest absolute Gasteiger partial charge is 0.272 e. The predicted octanol–water partition coefficient (Wildman–Crippen LogP) is 4.27. The van der Waals surface area contributed by atoms with Crippen LogP contribution in [0.25, 0.3) is 0 Å². The van der Waals surface area contributed by atoms with Crippen LogP contribution in [0.1, 0.15) is 15.9 Å². The molecule has 20 heavy (non-hydrogen) atoms. The van der Waals surface area contributed by atoms with Gasteiger partial charge in [0.1, 0.15) is 11.5 Å². The van der Waals surface area contributed by atoms with Crippen molar-refractivity contribution in [2.75, 3.05) is 0 Å². The fraction of sp³-hybridized carbons (Fsp3) is 0.0714. The third kappa shape index (κ3) is 3.03. The Bertz CT molecular complexity index is 685. The van der Waals surface area contributed by atoms with Crippen molar-refractivity contribution in [3.63, 3.8) is 0 Å². The zero-order chi connectivity index (χ0) is 14.7. The molecule has 0 atom stereocenters. The van der Waals surface area contributed by atoms with Crippen molar-refractivity contribution in [3.8, 4) is 11.5 Å². The number of aryl methyl sites for hydroxylation is 1. The normalized spacial score (nSPS) is 10.1. The minimum absolute atomic E-state index is 0.0313. The van der Waals surface area contributed by atoms with Crippen LogP contribution in [0.5, 0.6) is 11.5 Å². The lowest BCUT2D eigenvalue weighted by atomic mass is 10.2. The molecule has 0 fully saturated rings. The molecule has 0 aliphatic heterocycles. The molecule has 0 saturated heterocycles. The van der Waals surface area contributed by atoms with Crippen molar-refractivity contribution < 1.29 is 14.5 Å². The van der Waals surface area contributed by atoms with Crippen LogP contribution in [0, 0.1) is 17.0 Å². The standard InChI is InChI=1S/C14H10BrNO4/c1-9-6-12(3-4-13(9)16(18)19)20-14-5-2-11(15)7-10(14)8-17/h2-8H,1H3. The van der Waals surface area contributed by atoms with Crippen LogP contribution in [0.15, 0.2) is 40.9 Å². The highest BCUT2D eigenvalue weighted by Gasteiger charge is 2.12. The van der Waals surface area contributed by atoms with Gasteiger partial charge in [-0.15, -0.1) is 0 Å². The van der Waals surface area contributed by atoms with Gasteiger partial charge in [0.05, 0.1) is 10.5 Å². The Hall–Kier alpha value is -2.21. The molecule has 0 aliphatic rings. The van der Waals surface area contributed by atoms with Gasteiger partial charge >= 0.3 is 0 Å². The molecule has 2 aromatic rings. The van der Waals surface area contributed by atoms with E-state index in [4.69, 9.17) is 4.74 Å². The number of hydrogen-bond acceptors (Lipinski definition) is 4. The van der Waals surface area contributed by atoms with Gasteiger partial charge in [0.25, 0.3) is 5.69 Å². The molecule has 2 rings (SSSR count). The summed E-state index contributed by atoms with van der Waals surface area (Å²) in [6.45, 7) is 1.63. The molecule has 6 heteroatoms. The van der Waals surface area contributed by atoms with Crippen LogP contribution < -0.4 is 4.74 Å². The van der Waals surface area contributed by atoms with Crippen LogP contribution in [0.3, 0.4) is 0 Å². The second-order valence-electron chi connectivity index (χ2n) is 4.11. The summed E-state index contributed by atoms with van der Waals surface area (Å²) >= 11 is 3.27. The molecule has 0 saturated carbocycles. The van der Waals surface area contributed by atoms with Crippen molar-refractivity contribution in [1.29, 1.82) is 0 Å². The van der Waals surface area contributed by atoms with E-state index in [1.807, 2.05) is 0 Å². The lowest BCUT2D eigenvalue weighted by Gasteiger charge is -2.09. The number of hydrogen-bond donors (Lipinski definition) is 0. The van der Waals surface area contributed by atoms with Crippen molar-refractivity contribution in [3.05, 3.63) is 62.1 Å². The molecule has 0 aromatic heterocycles. The minimum Gasteiger partial charge on any atom is -0.457 e. The number of benzene rings is 2. The monoisotopic (exact) mass is 335 g/mol. The SMILES string of the molecule is Cc1cc(Oc2ccc(Br)cc2C=O)ccc1[N+](=O)[O-]. The number of aldehydes is 1. The maximum absolute atomic E-state index is 11.0. The summed E-state index contributed by atoms with van der Waals surface area (Å²) in [5.74, 6) is 0.843. The molecule has 0 unspecified atom stereocenters. The van der Waals surface area contributed by atoms with E-state index in [9.17, 15) is 14.9 Å². The predicted molar refractivity (Wildman–Crippen MR) is 77.4 cm³/mol. The average molecular weight is 336 g/mol. The van der Waals surface area contributed by atoms with E-state index in [0.29, 0.717) is 28.9 Å². The fourth-order valence-electron chi connectivity index (χ4n) is 1.73. The third-order valence-corrected chi connectivity index (χ3v) is 3.18. The van der Waals surface area contributed by atoms with Gasteiger partial charge in [-0.25, -0.2) is 0 Å². The summed E-state index contributed by atoms with van der Waals surface area (Å²) in [5.41, 5.74) is 0.927. The number of rotatable bonds is 4. The van der Waals surface area contributed by atoms with Gasteiger partial charge in [-0.1, -0.05) is 15.9 Å². The van der Waals surface area contributed by atoms with Crippen LogP contribution in [-0.4, -0.2) is 11.2 Å². The Morgan fingerprint density at radius 2 is 2.00 bits per heavy atom. The molecule has 5 nitrogen and oxygen atoms in total. The van der Waals surface area contributed by atoms with Gasteiger partial charge in [-0.3, -0.25) is 14.9 Å². The summed E-state index contributed by atoms with van der Waals surface area (Å²) in [4.78, 5) is 21.3. The van der Waals surface area contributed by atoms with E-state index in [0.717, 1.165) is 4.47 Å². The van der Waals surface area contributed by atoms with E-state index in [1.165, 1.54) is 12.1 Å². The Morgan fingerprint density at radius 3 is 2.60 bits per heavy atom. The van der Waals surface area contributed by atoms with Gasteiger partial charge < -0.3 is 4.74 Å². The lowest BCUT2D eigenvalue weighted by molar-refractivity contribution is -0.385. The average Bonchev–Trinajstić information content (AvgIpc) is 2.40. The number of ether oxygens (including phenoxy) is 1. The Morgan fingerprint density at radius 1 is 1.25 bits per heavy atom. The first-order valence-electron chi connectivity index (χ1n) is 5.69. The van der Waals surface area contributed by atoms with Crippen LogP contribution in [0.4, 0.5) is 5.69 Å². The number of carbonyl (C=O) groups excluding carboxylic acids is 1. The van der Waals surface area contributed by atoms with Crippen LogP contribution in [0.2, 0.25) is 0 Å². The largest absolute Gasteiger partial charge is 0.457 e. The van der Waals surface area contributed by atoms with Crippen LogP contribution >= 0.6 is 15.9 Å². The first-order valence-corrected chi connectivity index (χ1v) is 6.48. The molecule has 0 N–H and O–H groups in total. The second kappa shape index (κ2) is 5.83. The molecule has 0 spiro atoms. The molecule has 0 amide bonds. The molecule has 0 heterocycles. The van der Waals surface area contributed by atoms with E-state index < -0.39 is 4.92 Å². The number of carbonyl (C=O) groups is 1. The molecule has 0 radical (unpaired) electrons. The van der Waals surface area contributed by atoms with E-state index in [-0.39, 0.29) is 5.69 Å². The molecular formula is C14H10BrNO4. The lowest BCUT2D eigenvalue weighted by Crippen LogP contribution is -1.94. The number of nitrogens with zero attached hydrogens (tertiary/aromatic N) is 1. The third-order valence-electron chi connectivity index (χ3n) is 2.69. The van der Waals surface area contributed by atoms with Gasteiger partial charge in [-0.05, 0) is 37.3 Å². The van der Waals surface area contributed by atoms with Crippen molar-refractivity contribution in [2.24, 2.45) is 0 Å². The highest BCUT2D eigenvalue weighted by molar-refractivity contribution is 9.10. The fourth-order valence-corrected chi connectivity index (χ4v) is 2.11. The second-order valence-corrected chi connectivity index (χ2v) is 5.02. The Balaban J connectivity index is 2.33. The molecule has 102 valence electrons. The number of halogens is 1. The maximum Gasteiger partial charge on any atom is 0.272 e. The summed E-state index contributed by atoms with van der Waals surface area (Å²) in [6.07, 6.45) is 0.693.